The summed E-state index contributed by atoms with van der Waals surface area (Å²) in [6, 6.07) is 0. The molecule has 37 heavy (non-hydrogen) atoms. The molecule has 0 unspecified atom stereocenters. The Hall–Kier alpha value is -3.95. The van der Waals surface area contributed by atoms with Gasteiger partial charge in [-0.05, 0) is 31.9 Å². The molecule has 0 saturated heterocycles. The lowest BCUT2D eigenvalue weighted by atomic mass is 10.0. The van der Waals surface area contributed by atoms with Crippen LogP contribution in [0.4, 0.5) is 17.6 Å². The van der Waals surface area contributed by atoms with Gasteiger partial charge in [-0.1, -0.05) is 50.2 Å². The van der Waals surface area contributed by atoms with Gasteiger partial charge < -0.3 is 9.26 Å². The van der Waals surface area contributed by atoms with Crippen molar-refractivity contribution in [1.82, 2.24) is 10.2 Å². The number of aromatic nitrogens is 1. The van der Waals surface area contributed by atoms with Crippen molar-refractivity contribution in [2.24, 2.45) is 5.10 Å². The van der Waals surface area contributed by atoms with Crippen molar-refractivity contribution in [2.45, 2.75) is 46.2 Å². The predicted octanol–water partition coefficient (Wildman–Crippen LogP) is 8.42. The van der Waals surface area contributed by atoms with E-state index < -0.39 is 29.2 Å². The molecule has 0 amide bonds. The maximum absolute atomic E-state index is 13.9. The second-order valence-corrected chi connectivity index (χ2v) is 6.65. The molecule has 0 atom stereocenters. The van der Waals surface area contributed by atoms with Crippen LogP contribution in [0.2, 0.25) is 0 Å². The van der Waals surface area contributed by atoms with Crippen molar-refractivity contribution in [3.8, 4) is 0 Å². The van der Waals surface area contributed by atoms with Gasteiger partial charge in [-0.15, -0.1) is 19.7 Å². The Bertz CT molecular complexity index is 1000. The molecule has 1 aromatic heterocycles. The van der Waals surface area contributed by atoms with Crippen LogP contribution in [0.25, 0.3) is 11.6 Å². The highest BCUT2D eigenvalue weighted by molar-refractivity contribution is 5.97. The van der Waals surface area contributed by atoms with Crippen molar-refractivity contribution < 1.29 is 31.6 Å². The fraction of sp³-hybridized carbons (Fsp3) is 0.296. The lowest BCUT2D eigenvalue weighted by Crippen LogP contribution is -2.27. The first-order chi connectivity index (χ1) is 17.6. The summed E-state index contributed by atoms with van der Waals surface area (Å²) in [5.74, 6) is -1.61. The average molecular weight is 526 g/mol. The number of halogens is 4. The van der Waals surface area contributed by atoms with Crippen LogP contribution in [0.3, 0.4) is 0 Å². The van der Waals surface area contributed by atoms with E-state index in [9.17, 15) is 22.4 Å². The van der Waals surface area contributed by atoms with Gasteiger partial charge in [0.25, 0.3) is 0 Å². The highest BCUT2D eigenvalue weighted by Crippen LogP contribution is 2.35. The van der Waals surface area contributed by atoms with E-state index in [1.54, 1.807) is 19.9 Å². The molecule has 1 rings (SSSR count). The Morgan fingerprint density at radius 1 is 1.24 bits per heavy atom. The Balaban J connectivity index is 0. The third-order valence-electron chi connectivity index (χ3n) is 4.19. The average Bonchev–Trinajstić information content (AvgIpc) is 3.32. The Morgan fingerprint density at radius 3 is 2.22 bits per heavy atom. The second kappa shape index (κ2) is 19.3. The van der Waals surface area contributed by atoms with Crippen LogP contribution >= 0.6 is 0 Å². The standard InChI is InChI=1S/C21H23F4N3O3.C4H8.C2H4/c1-6-9-11-15(8-3)28(26-4)17(21(23,24)25)12-16-18(20(29)30-5)19(27-31-16)14(13-22)10-7-2;1-3-4-2;1-2/h6,8-9,11-13H,3-4,7,10H2,1-2,5H3;3H,1,4H2,2H3;1-2H2/b9-6-,14-13-,15-11+,17-12+;;. The number of hydrogen-bond donors (Lipinski definition) is 0. The van der Waals surface area contributed by atoms with Crippen molar-refractivity contribution in [2.75, 3.05) is 7.11 Å². The number of hydrogen-bond acceptors (Lipinski definition) is 6. The fourth-order valence-electron chi connectivity index (χ4n) is 2.52. The predicted molar refractivity (Wildman–Crippen MR) is 142 cm³/mol. The van der Waals surface area contributed by atoms with E-state index in [2.05, 4.69) is 55.0 Å². The number of carbonyl (C=O) groups is 1. The number of carbonyl (C=O) groups excluding carboxylic acids is 1. The van der Waals surface area contributed by atoms with Gasteiger partial charge in [-0.2, -0.15) is 18.3 Å². The third kappa shape index (κ3) is 11.1. The molecule has 0 saturated carbocycles. The van der Waals surface area contributed by atoms with Gasteiger partial charge in [0.05, 0.1) is 19.1 Å². The van der Waals surface area contributed by atoms with E-state index in [1.807, 2.05) is 6.08 Å². The molecule has 0 radical (unpaired) electrons. The van der Waals surface area contributed by atoms with Gasteiger partial charge in [0.15, 0.2) is 5.76 Å². The number of nitrogens with zero attached hydrogens (tertiary/aromatic N) is 3. The van der Waals surface area contributed by atoms with E-state index in [1.165, 1.54) is 12.2 Å². The van der Waals surface area contributed by atoms with Gasteiger partial charge in [0.1, 0.15) is 17.0 Å². The molecule has 0 bridgehead atoms. The van der Waals surface area contributed by atoms with Crippen LogP contribution in [-0.2, 0) is 4.74 Å². The SMILES string of the molecule is C=C.C=C/C(=C\C=C/C)N(N=C)/C(=C/c1onc(/C(=C\F)CCC)c1C(=O)OC)C(F)(F)F.C=CCC. The molecular weight excluding hydrogens is 490 g/mol. The summed E-state index contributed by atoms with van der Waals surface area (Å²) in [6.45, 7) is 21.6. The summed E-state index contributed by atoms with van der Waals surface area (Å²) in [4.78, 5) is 12.3. The maximum Gasteiger partial charge on any atom is 0.433 e. The highest BCUT2D eigenvalue weighted by Gasteiger charge is 2.40. The number of rotatable bonds is 11. The van der Waals surface area contributed by atoms with Crippen molar-refractivity contribution in [3.63, 3.8) is 0 Å². The van der Waals surface area contributed by atoms with E-state index in [0.717, 1.165) is 19.6 Å². The van der Waals surface area contributed by atoms with Gasteiger partial charge >= 0.3 is 12.1 Å². The molecule has 204 valence electrons. The van der Waals surface area contributed by atoms with Crippen LogP contribution in [0.5, 0.6) is 0 Å². The summed E-state index contributed by atoms with van der Waals surface area (Å²) in [6.07, 6.45) is 4.99. The molecule has 1 heterocycles. The molecule has 0 spiro atoms. The first-order valence-electron chi connectivity index (χ1n) is 11.1. The molecule has 0 aliphatic heterocycles. The van der Waals surface area contributed by atoms with Gasteiger partial charge in [0, 0.05) is 18.4 Å². The lowest BCUT2D eigenvalue weighted by molar-refractivity contribution is -0.107. The number of allylic oxidation sites excluding steroid dienone is 7. The third-order valence-corrected chi connectivity index (χ3v) is 4.19. The maximum atomic E-state index is 13.9. The molecule has 0 N–H and O–H groups in total. The van der Waals surface area contributed by atoms with E-state index in [0.29, 0.717) is 17.5 Å². The van der Waals surface area contributed by atoms with Crippen molar-refractivity contribution >= 4 is 24.3 Å². The Morgan fingerprint density at radius 2 is 1.84 bits per heavy atom. The minimum atomic E-state index is -4.94. The molecule has 0 fully saturated rings. The lowest BCUT2D eigenvalue weighted by Gasteiger charge is -2.24. The molecular formula is C27H35F4N3O3. The zero-order valence-electron chi connectivity index (χ0n) is 21.8. The van der Waals surface area contributed by atoms with Gasteiger partial charge in [-0.25, -0.2) is 14.2 Å². The van der Waals surface area contributed by atoms with E-state index >= 15 is 0 Å². The van der Waals surface area contributed by atoms with Crippen LogP contribution in [-0.4, -0.2) is 36.1 Å². The van der Waals surface area contributed by atoms with Crippen LogP contribution in [0.15, 0.2) is 84.0 Å². The van der Waals surface area contributed by atoms with Crippen molar-refractivity contribution in [3.05, 3.63) is 91.4 Å². The number of hydrazone groups is 1. The zero-order chi connectivity index (χ0) is 29.0. The Kier molecular flexibility index (Phi) is 18.3. The molecule has 0 aromatic carbocycles. The summed E-state index contributed by atoms with van der Waals surface area (Å²) in [5, 5.41) is 7.51. The first kappa shape index (κ1) is 35.2. The normalized spacial score (nSPS) is 12.1. The molecule has 10 heteroatoms. The quantitative estimate of drug-likeness (QED) is 0.0724. The zero-order valence-corrected chi connectivity index (χ0v) is 21.8. The van der Waals surface area contributed by atoms with Crippen LogP contribution in [0, 0.1) is 0 Å². The number of alkyl halides is 3. The van der Waals surface area contributed by atoms with Gasteiger partial charge in [0.2, 0.25) is 0 Å². The number of ether oxygens (including phenoxy) is 1. The summed E-state index contributed by atoms with van der Waals surface area (Å²) in [5.41, 5.74) is -2.09. The fourth-order valence-corrected chi connectivity index (χ4v) is 2.52. The summed E-state index contributed by atoms with van der Waals surface area (Å²) >= 11 is 0. The summed E-state index contributed by atoms with van der Waals surface area (Å²) in [7, 11) is 1.03. The topological polar surface area (TPSA) is 67.9 Å². The van der Waals surface area contributed by atoms with Crippen LogP contribution in [0.1, 0.15) is 61.8 Å². The molecule has 1 aromatic rings. The minimum Gasteiger partial charge on any atom is -0.465 e. The first-order valence-corrected chi connectivity index (χ1v) is 11.1. The van der Waals surface area contributed by atoms with E-state index in [-0.39, 0.29) is 29.7 Å². The summed E-state index contributed by atoms with van der Waals surface area (Å²) < 4.78 is 64.7. The van der Waals surface area contributed by atoms with Gasteiger partial charge in [-0.3, -0.25) is 0 Å². The van der Waals surface area contributed by atoms with Crippen LogP contribution < -0.4 is 0 Å². The molecule has 0 aliphatic rings. The number of esters is 1. The minimum absolute atomic E-state index is 0.0154. The molecule has 0 aliphatic carbocycles. The highest BCUT2D eigenvalue weighted by atomic mass is 19.4. The second-order valence-electron chi connectivity index (χ2n) is 6.65. The molecule has 6 nitrogen and oxygen atoms in total. The van der Waals surface area contributed by atoms with Crippen molar-refractivity contribution in [1.29, 1.82) is 0 Å². The Labute approximate surface area is 216 Å². The largest absolute Gasteiger partial charge is 0.465 e. The smallest absolute Gasteiger partial charge is 0.433 e. The monoisotopic (exact) mass is 525 g/mol. The van der Waals surface area contributed by atoms with E-state index in [4.69, 9.17) is 4.52 Å². The number of methoxy groups -OCH3 is 1.